The topological polar surface area (TPSA) is 71.3 Å². The second-order valence-electron chi connectivity index (χ2n) is 5.18. The van der Waals surface area contributed by atoms with Crippen molar-refractivity contribution in [1.82, 2.24) is 0 Å². The van der Waals surface area contributed by atoms with Gasteiger partial charge in [-0.15, -0.1) is 0 Å². The van der Waals surface area contributed by atoms with E-state index in [2.05, 4.69) is 5.32 Å². The van der Waals surface area contributed by atoms with Gasteiger partial charge in [0.15, 0.2) is 11.5 Å². The summed E-state index contributed by atoms with van der Waals surface area (Å²) in [5.41, 5.74) is 1.06. The van der Waals surface area contributed by atoms with Gasteiger partial charge in [-0.25, -0.2) is 0 Å². The molecule has 26 heavy (non-hydrogen) atoms. The van der Waals surface area contributed by atoms with E-state index in [0.29, 0.717) is 41.0 Å². The van der Waals surface area contributed by atoms with Gasteiger partial charge in [0.25, 0.3) is 5.91 Å². The number of hydrogen-bond donors (Lipinski definition) is 1. The molecule has 0 fully saturated rings. The number of rotatable bonds is 7. The Balaban J connectivity index is 2.27. The zero-order chi connectivity index (χ0) is 18.9. The summed E-state index contributed by atoms with van der Waals surface area (Å²) in [7, 11) is 0. The average Bonchev–Trinajstić information content (AvgIpc) is 2.64. The summed E-state index contributed by atoms with van der Waals surface area (Å²) in [5.74, 6) is 0.643. The van der Waals surface area contributed by atoms with Gasteiger partial charge in [0.1, 0.15) is 11.6 Å². The van der Waals surface area contributed by atoms with Crippen molar-refractivity contribution in [3.63, 3.8) is 0 Å². The Bertz CT molecular complexity index is 856. The lowest BCUT2D eigenvalue weighted by atomic mass is 10.1. The fourth-order valence-electron chi connectivity index (χ4n) is 2.22. The highest BCUT2D eigenvalue weighted by molar-refractivity contribution is 6.34. The highest BCUT2D eigenvalue weighted by Gasteiger charge is 2.12. The molecule has 6 heteroatoms. The van der Waals surface area contributed by atoms with E-state index in [1.807, 2.05) is 19.9 Å². The number of hydrogen-bond acceptors (Lipinski definition) is 4. The minimum Gasteiger partial charge on any atom is -0.490 e. The summed E-state index contributed by atoms with van der Waals surface area (Å²) in [6.07, 6.45) is 1.49. The van der Waals surface area contributed by atoms with Crippen LogP contribution in [0.4, 0.5) is 5.69 Å². The number of nitrogens with one attached hydrogen (secondary N) is 1. The number of carbonyl (C=O) groups excluding carboxylic acids is 1. The zero-order valence-corrected chi connectivity index (χ0v) is 15.3. The maximum atomic E-state index is 12.4. The predicted octanol–water partition coefficient (Wildman–Crippen LogP) is 4.68. The molecule has 2 aromatic rings. The Hall–Kier alpha value is -2.97. The summed E-state index contributed by atoms with van der Waals surface area (Å²) in [4.78, 5) is 12.4. The number of halogens is 1. The fourth-order valence-corrected chi connectivity index (χ4v) is 2.41. The molecule has 0 saturated heterocycles. The van der Waals surface area contributed by atoms with Crippen LogP contribution in [0.2, 0.25) is 5.02 Å². The second kappa shape index (κ2) is 9.50. The molecule has 5 nitrogen and oxygen atoms in total. The summed E-state index contributed by atoms with van der Waals surface area (Å²) in [5, 5.41) is 12.4. The molecule has 134 valence electrons. The summed E-state index contributed by atoms with van der Waals surface area (Å²) in [6.45, 7) is 4.75. The fraction of sp³-hybridized carbons (Fsp3) is 0.200. The van der Waals surface area contributed by atoms with Gasteiger partial charge in [0, 0.05) is 0 Å². The molecule has 1 amide bonds. The molecule has 1 N–H and O–H groups in total. The molecule has 0 bridgehead atoms. The number of nitriles is 1. The summed E-state index contributed by atoms with van der Waals surface area (Å²) < 4.78 is 11.1. The van der Waals surface area contributed by atoms with Gasteiger partial charge in [-0.05, 0) is 49.8 Å². The molecule has 0 aliphatic carbocycles. The van der Waals surface area contributed by atoms with Crippen LogP contribution in [0.25, 0.3) is 6.08 Å². The van der Waals surface area contributed by atoms with E-state index in [1.165, 1.54) is 6.08 Å². The Morgan fingerprint density at radius 1 is 1.15 bits per heavy atom. The van der Waals surface area contributed by atoms with Crippen LogP contribution in [0.5, 0.6) is 11.5 Å². The van der Waals surface area contributed by atoms with E-state index in [1.54, 1.807) is 42.5 Å². The maximum Gasteiger partial charge on any atom is 0.266 e. The van der Waals surface area contributed by atoms with Crippen molar-refractivity contribution in [3.8, 4) is 17.6 Å². The van der Waals surface area contributed by atoms with Crippen LogP contribution in [-0.2, 0) is 4.79 Å². The van der Waals surface area contributed by atoms with Crippen molar-refractivity contribution in [2.45, 2.75) is 13.8 Å². The highest BCUT2D eigenvalue weighted by atomic mass is 35.5. The maximum absolute atomic E-state index is 12.4. The van der Waals surface area contributed by atoms with Crippen molar-refractivity contribution in [1.29, 1.82) is 5.26 Å². The number of para-hydroxylation sites is 1. The van der Waals surface area contributed by atoms with Gasteiger partial charge in [-0.1, -0.05) is 29.8 Å². The first-order valence-electron chi connectivity index (χ1n) is 8.16. The lowest BCUT2D eigenvalue weighted by Gasteiger charge is -2.11. The van der Waals surface area contributed by atoms with Gasteiger partial charge in [-0.3, -0.25) is 4.79 Å². The quantitative estimate of drug-likeness (QED) is 0.567. The Kier molecular flexibility index (Phi) is 7.07. The van der Waals surface area contributed by atoms with Gasteiger partial charge in [-0.2, -0.15) is 5.26 Å². The molecule has 0 spiro atoms. The van der Waals surface area contributed by atoms with Crippen LogP contribution in [0.3, 0.4) is 0 Å². The normalized spacial score (nSPS) is 10.8. The smallest absolute Gasteiger partial charge is 0.266 e. The third-order valence-corrected chi connectivity index (χ3v) is 3.70. The molecular weight excluding hydrogens is 352 g/mol. The van der Waals surface area contributed by atoms with Crippen LogP contribution in [0, 0.1) is 11.3 Å². The predicted molar refractivity (Wildman–Crippen MR) is 102 cm³/mol. The minimum absolute atomic E-state index is 0.0449. The number of benzene rings is 2. The first-order chi connectivity index (χ1) is 12.6. The van der Waals surface area contributed by atoms with Gasteiger partial charge in [0.2, 0.25) is 0 Å². The molecule has 0 saturated carbocycles. The van der Waals surface area contributed by atoms with E-state index in [4.69, 9.17) is 21.1 Å². The third kappa shape index (κ3) is 5.01. The average molecular weight is 371 g/mol. The monoisotopic (exact) mass is 370 g/mol. The molecule has 0 atom stereocenters. The standard InChI is InChI=1S/C20H19ClN2O3/c1-3-25-18-10-9-14(12-19(18)26-4-2)11-15(13-22)20(24)23-17-8-6-5-7-16(17)21/h5-12H,3-4H2,1-2H3,(H,23,24). The van der Waals surface area contributed by atoms with Crippen molar-refractivity contribution in [3.05, 3.63) is 58.6 Å². The van der Waals surface area contributed by atoms with Crippen LogP contribution in [0.15, 0.2) is 48.0 Å². The molecule has 2 aromatic carbocycles. The minimum atomic E-state index is -0.535. The van der Waals surface area contributed by atoms with E-state index in [-0.39, 0.29) is 5.57 Å². The highest BCUT2D eigenvalue weighted by Crippen LogP contribution is 2.29. The number of anilines is 1. The van der Waals surface area contributed by atoms with Crippen molar-refractivity contribution >= 4 is 29.3 Å². The van der Waals surface area contributed by atoms with Gasteiger partial charge >= 0.3 is 0 Å². The van der Waals surface area contributed by atoms with E-state index >= 15 is 0 Å². The Labute approximate surface area is 157 Å². The number of carbonyl (C=O) groups is 1. The first-order valence-corrected chi connectivity index (χ1v) is 8.54. The molecule has 2 rings (SSSR count). The summed E-state index contributed by atoms with van der Waals surface area (Å²) in [6, 6.07) is 14.0. The molecule has 0 unspecified atom stereocenters. The lowest BCUT2D eigenvalue weighted by molar-refractivity contribution is -0.112. The molecule has 0 radical (unpaired) electrons. The van der Waals surface area contributed by atoms with Gasteiger partial charge < -0.3 is 14.8 Å². The molecule has 0 aliphatic rings. The van der Waals surface area contributed by atoms with Crippen LogP contribution < -0.4 is 14.8 Å². The lowest BCUT2D eigenvalue weighted by Crippen LogP contribution is -2.13. The third-order valence-electron chi connectivity index (χ3n) is 3.37. The molecule has 0 heterocycles. The number of nitrogens with zero attached hydrogens (tertiary/aromatic N) is 1. The Morgan fingerprint density at radius 2 is 1.85 bits per heavy atom. The zero-order valence-electron chi connectivity index (χ0n) is 14.6. The van der Waals surface area contributed by atoms with E-state index in [0.717, 1.165) is 0 Å². The molecule has 0 aromatic heterocycles. The van der Waals surface area contributed by atoms with Crippen LogP contribution in [-0.4, -0.2) is 19.1 Å². The van der Waals surface area contributed by atoms with Crippen molar-refractivity contribution in [2.75, 3.05) is 18.5 Å². The van der Waals surface area contributed by atoms with Crippen LogP contribution in [0.1, 0.15) is 19.4 Å². The van der Waals surface area contributed by atoms with Crippen molar-refractivity contribution < 1.29 is 14.3 Å². The molecule has 0 aliphatic heterocycles. The van der Waals surface area contributed by atoms with E-state index < -0.39 is 5.91 Å². The summed E-state index contributed by atoms with van der Waals surface area (Å²) >= 11 is 6.03. The Morgan fingerprint density at radius 3 is 2.50 bits per heavy atom. The largest absolute Gasteiger partial charge is 0.490 e. The van der Waals surface area contributed by atoms with Gasteiger partial charge in [0.05, 0.1) is 23.9 Å². The number of amides is 1. The van der Waals surface area contributed by atoms with Crippen LogP contribution >= 0.6 is 11.6 Å². The number of ether oxygens (including phenoxy) is 2. The SMILES string of the molecule is CCOc1ccc(C=C(C#N)C(=O)Nc2ccccc2Cl)cc1OCC. The molecular formula is C20H19ClN2O3. The first kappa shape index (κ1) is 19.4. The van der Waals surface area contributed by atoms with E-state index in [9.17, 15) is 10.1 Å². The second-order valence-corrected chi connectivity index (χ2v) is 5.58. The van der Waals surface area contributed by atoms with Crippen molar-refractivity contribution in [2.24, 2.45) is 0 Å².